The van der Waals surface area contributed by atoms with Gasteiger partial charge in [-0.1, -0.05) is 29.3 Å². The Hall–Kier alpha value is -2.18. The summed E-state index contributed by atoms with van der Waals surface area (Å²) in [6.07, 6.45) is 1.01. The molecular weight excluding hydrogens is 322 g/mol. The Kier molecular flexibility index (Phi) is 4.40. The van der Waals surface area contributed by atoms with Gasteiger partial charge in [-0.2, -0.15) is 0 Å². The minimum absolute atomic E-state index is 0.00863. The molecule has 0 radical (unpaired) electrons. The normalized spacial score (nSPS) is 11.0. The van der Waals surface area contributed by atoms with Crippen LogP contribution in [0.3, 0.4) is 0 Å². The highest BCUT2D eigenvalue weighted by molar-refractivity contribution is 6.31. The fourth-order valence-corrected chi connectivity index (χ4v) is 1.95. The van der Waals surface area contributed by atoms with E-state index < -0.39 is 22.2 Å². The smallest absolute Gasteiger partial charge is 0.263 e. The number of nitro groups is 1. The Labute approximate surface area is 128 Å². The molecule has 0 bridgehead atoms. The van der Waals surface area contributed by atoms with E-state index >= 15 is 0 Å². The number of nitrogens with zero attached hydrogens (tertiary/aromatic N) is 2. The summed E-state index contributed by atoms with van der Waals surface area (Å²) in [5.74, 6) is -1.60. The summed E-state index contributed by atoms with van der Waals surface area (Å²) in [6.45, 7) is 0. The molecule has 0 aliphatic carbocycles. The maximum Gasteiger partial charge on any atom is 0.263 e. The van der Waals surface area contributed by atoms with E-state index in [9.17, 15) is 19.6 Å². The number of hydrogen-bond donors (Lipinski definition) is 0. The Morgan fingerprint density at radius 2 is 2.00 bits per heavy atom. The number of rotatable bonds is 3. The van der Waals surface area contributed by atoms with Crippen molar-refractivity contribution in [1.82, 2.24) is 0 Å². The van der Waals surface area contributed by atoms with Gasteiger partial charge in [0.2, 0.25) is 0 Å². The van der Waals surface area contributed by atoms with Gasteiger partial charge in [0.1, 0.15) is 5.69 Å². The lowest BCUT2D eigenvalue weighted by atomic mass is 10.2. The molecule has 0 saturated heterocycles. The average molecular weight is 328 g/mol. The predicted molar refractivity (Wildman–Crippen MR) is 76.2 cm³/mol. The maximum absolute atomic E-state index is 13.6. The molecule has 0 aromatic heterocycles. The zero-order valence-electron chi connectivity index (χ0n) is 10.2. The van der Waals surface area contributed by atoms with Crippen LogP contribution in [-0.2, 0) is 0 Å². The summed E-state index contributed by atoms with van der Waals surface area (Å²) < 4.78 is 13.6. The molecular formula is C13H6Cl2FN2O3-. The lowest BCUT2D eigenvalue weighted by Crippen LogP contribution is -2.02. The van der Waals surface area contributed by atoms with Crippen LogP contribution in [0.25, 0.3) is 0 Å². The third-order valence-corrected chi connectivity index (χ3v) is 3.04. The van der Waals surface area contributed by atoms with Gasteiger partial charge in [-0.05, 0) is 29.5 Å². The Bertz CT molecular complexity index is 750. The molecule has 0 spiro atoms. The summed E-state index contributed by atoms with van der Waals surface area (Å²) in [4.78, 5) is 13.7. The van der Waals surface area contributed by atoms with E-state index in [-0.39, 0.29) is 21.3 Å². The summed E-state index contributed by atoms with van der Waals surface area (Å²) >= 11 is 11.3. The van der Waals surface area contributed by atoms with Crippen LogP contribution in [0.15, 0.2) is 35.3 Å². The zero-order chi connectivity index (χ0) is 15.6. The molecule has 2 aromatic rings. The molecule has 108 valence electrons. The molecule has 5 nitrogen and oxygen atoms in total. The molecule has 0 N–H and O–H groups in total. The molecule has 0 amide bonds. The Morgan fingerprint density at radius 3 is 2.67 bits per heavy atom. The van der Waals surface area contributed by atoms with E-state index in [4.69, 9.17) is 23.2 Å². The average Bonchev–Trinajstić information content (AvgIpc) is 2.43. The van der Waals surface area contributed by atoms with E-state index in [1.165, 1.54) is 24.3 Å². The topological polar surface area (TPSA) is 78.6 Å². The van der Waals surface area contributed by atoms with Crippen molar-refractivity contribution in [3.63, 3.8) is 0 Å². The molecule has 0 aliphatic heterocycles. The van der Waals surface area contributed by atoms with E-state index in [0.717, 1.165) is 12.3 Å². The third kappa shape index (κ3) is 3.29. The van der Waals surface area contributed by atoms with Crippen LogP contribution in [0.1, 0.15) is 5.56 Å². The zero-order valence-corrected chi connectivity index (χ0v) is 11.7. The SMILES string of the molecule is O=[N+]([O-])c1cc(Cl)cc(C=Nc2cccc(Cl)c2F)c1[O-]. The summed E-state index contributed by atoms with van der Waals surface area (Å²) in [5, 5.41) is 22.4. The highest BCUT2D eigenvalue weighted by Gasteiger charge is 2.11. The van der Waals surface area contributed by atoms with E-state index in [0.29, 0.717) is 0 Å². The van der Waals surface area contributed by atoms with Crippen molar-refractivity contribution in [3.8, 4) is 5.75 Å². The highest BCUT2D eigenvalue weighted by Crippen LogP contribution is 2.31. The number of aliphatic imine (C=N–C) groups is 1. The molecule has 0 heterocycles. The van der Waals surface area contributed by atoms with Gasteiger partial charge in [0, 0.05) is 17.3 Å². The van der Waals surface area contributed by atoms with Gasteiger partial charge in [-0.25, -0.2) is 4.39 Å². The van der Waals surface area contributed by atoms with Crippen LogP contribution in [0.4, 0.5) is 15.8 Å². The van der Waals surface area contributed by atoms with Gasteiger partial charge in [0.25, 0.3) is 5.69 Å². The number of halogens is 3. The molecule has 0 saturated carbocycles. The van der Waals surface area contributed by atoms with Crippen molar-refractivity contribution in [2.24, 2.45) is 4.99 Å². The van der Waals surface area contributed by atoms with Crippen molar-refractivity contribution < 1.29 is 14.4 Å². The first-order chi connectivity index (χ1) is 9.90. The minimum Gasteiger partial charge on any atom is -0.867 e. The lowest BCUT2D eigenvalue weighted by molar-refractivity contribution is -0.398. The van der Waals surface area contributed by atoms with Gasteiger partial charge in [-0.15, -0.1) is 0 Å². The van der Waals surface area contributed by atoms with Gasteiger partial charge in [-0.3, -0.25) is 15.1 Å². The molecule has 0 unspecified atom stereocenters. The van der Waals surface area contributed by atoms with Crippen molar-refractivity contribution in [2.45, 2.75) is 0 Å². The number of nitro benzene ring substituents is 1. The van der Waals surface area contributed by atoms with Gasteiger partial charge < -0.3 is 5.11 Å². The molecule has 2 rings (SSSR count). The van der Waals surface area contributed by atoms with E-state index in [1.807, 2.05) is 0 Å². The van der Waals surface area contributed by atoms with E-state index in [1.54, 1.807) is 0 Å². The van der Waals surface area contributed by atoms with Crippen LogP contribution in [0, 0.1) is 15.9 Å². The summed E-state index contributed by atoms with van der Waals surface area (Å²) in [5.41, 5.74) is -0.881. The van der Waals surface area contributed by atoms with Gasteiger partial charge in [0.15, 0.2) is 5.82 Å². The van der Waals surface area contributed by atoms with Gasteiger partial charge >= 0.3 is 0 Å². The molecule has 0 fully saturated rings. The summed E-state index contributed by atoms with van der Waals surface area (Å²) in [7, 11) is 0. The molecule has 0 atom stereocenters. The third-order valence-electron chi connectivity index (χ3n) is 2.53. The second kappa shape index (κ2) is 6.07. The minimum atomic E-state index is -0.851. The highest BCUT2D eigenvalue weighted by atomic mass is 35.5. The monoisotopic (exact) mass is 327 g/mol. The van der Waals surface area contributed by atoms with Crippen molar-refractivity contribution in [1.29, 1.82) is 0 Å². The van der Waals surface area contributed by atoms with Crippen LogP contribution in [0.5, 0.6) is 5.75 Å². The van der Waals surface area contributed by atoms with Gasteiger partial charge in [0.05, 0.1) is 9.95 Å². The fourth-order valence-electron chi connectivity index (χ4n) is 1.56. The second-order valence-corrected chi connectivity index (χ2v) is 4.78. The molecule has 0 aliphatic rings. The Morgan fingerprint density at radius 1 is 1.29 bits per heavy atom. The maximum atomic E-state index is 13.6. The second-order valence-electron chi connectivity index (χ2n) is 3.93. The number of hydrogen-bond acceptors (Lipinski definition) is 4. The Balaban J connectivity index is 2.46. The quantitative estimate of drug-likeness (QED) is 0.487. The first-order valence-electron chi connectivity index (χ1n) is 5.53. The summed E-state index contributed by atoms with van der Waals surface area (Å²) in [6, 6.07) is 6.33. The van der Waals surface area contributed by atoms with Crippen LogP contribution in [-0.4, -0.2) is 11.1 Å². The largest absolute Gasteiger partial charge is 0.867 e. The first-order valence-corrected chi connectivity index (χ1v) is 6.28. The first kappa shape index (κ1) is 15.2. The molecule has 2 aromatic carbocycles. The van der Waals surface area contributed by atoms with Crippen molar-refractivity contribution in [3.05, 3.63) is 61.9 Å². The lowest BCUT2D eigenvalue weighted by Gasteiger charge is -2.10. The predicted octanol–water partition coefficient (Wildman–Crippen LogP) is 3.86. The van der Waals surface area contributed by atoms with Crippen LogP contribution >= 0.6 is 23.2 Å². The standard InChI is InChI=1S/C13H7Cl2FN2O3/c14-8-4-7(13(19)11(5-8)18(20)21)6-17-10-3-1-2-9(15)12(10)16/h1-6,19H/p-1. The van der Waals surface area contributed by atoms with E-state index in [2.05, 4.69) is 4.99 Å². The molecule has 21 heavy (non-hydrogen) atoms. The van der Waals surface area contributed by atoms with Crippen LogP contribution < -0.4 is 5.11 Å². The van der Waals surface area contributed by atoms with Crippen molar-refractivity contribution >= 4 is 40.8 Å². The van der Waals surface area contributed by atoms with Crippen LogP contribution in [0.2, 0.25) is 10.0 Å². The fraction of sp³-hybridized carbons (Fsp3) is 0. The molecule has 8 heteroatoms. The number of benzene rings is 2. The van der Waals surface area contributed by atoms with Crippen molar-refractivity contribution in [2.75, 3.05) is 0 Å².